The molecule has 0 radical (unpaired) electrons. The number of rotatable bonds is 4. The third-order valence-corrected chi connectivity index (χ3v) is 6.65. The van der Waals surface area contributed by atoms with Gasteiger partial charge in [0.15, 0.2) is 0 Å². The number of halogens is 8. The van der Waals surface area contributed by atoms with Gasteiger partial charge in [0.25, 0.3) is 5.92 Å². The van der Waals surface area contributed by atoms with Crippen LogP contribution in [0.3, 0.4) is 0 Å². The molecule has 0 aromatic heterocycles. The fourth-order valence-electron chi connectivity index (χ4n) is 4.90. The lowest BCUT2D eigenvalue weighted by Crippen LogP contribution is -2.34. The van der Waals surface area contributed by atoms with E-state index in [4.69, 9.17) is 4.74 Å². The van der Waals surface area contributed by atoms with Crippen molar-refractivity contribution < 1.29 is 44.7 Å². The van der Waals surface area contributed by atoms with Gasteiger partial charge >= 0.3 is 18.4 Å². The molecule has 0 saturated carbocycles. The number of nitrogens with one attached hydrogen (secondary N) is 1. The maximum atomic E-state index is 14.5. The van der Waals surface area contributed by atoms with Crippen molar-refractivity contribution in [1.29, 1.82) is 0 Å². The minimum atomic E-state index is -4.98. The Balaban J connectivity index is 1.70. The molecule has 1 aliphatic carbocycles. The van der Waals surface area contributed by atoms with Crippen molar-refractivity contribution in [3.8, 4) is 0 Å². The summed E-state index contributed by atoms with van der Waals surface area (Å²) in [5.41, 5.74) is -2.25. The molecule has 2 aromatic rings. The van der Waals surface area contributed by atoms with E-state index in [0.717, 1.165) is 0 Å². The zero-order valence-electron chi connectivity index (χ0n) is 20.6. The molecule has 1 atom stereocenters. The monoisotopic (exact) mass is 550 g/mol. The van der Waals surface area contributed by atoms with Gasteiger partial charge in [0.2, 0.25) is 0 Å². The van der Waals surface area contributed by atoms with Crippen molar-refractivity contribution in [3.05, 3.63) is 63.7 Å². The van der Waals surface area contributed by atoms with Gasteiger partial charge in [-0.15, -0.1) is 0 Å². The third-order valence-electron chi connectivity index (χ3n) is 6.65. The van der Waals surface area contributed by atoms with Crippen molar-refractivity contribution in [2.45, 2.75) is 76.5 Å². The number of benzene rings is 2. The summed E-state index contributed by atoms with van der Waals surface area (Å²) in [6.07, 6.45) is -10.7. The molecule has 2 aromatic carbocycles. The van der Waals surface area contributed by atoms with Crippen LogP contribution in [0, 0.1) is 0 Å². The molecular formula is C26H26F8N2O2. The Kier molecular flexibility index (Phi) is 7.41. The third kappa shape index (κ3) is 5.89. The highest BCUT2D eigenvalue weighted by atomic mass is 19.4. The second-order valence-electron chi connectivity index (χ2n) is 9.85. The van der Waals surface area contributed by atoms with Crippen LogP contribution in [0.4, 0.5) is 45.6 Å². The van der Waals surface area contributed by atoms with Gasteiger partial charge in [-0.1, -0.05) is 6.07 Å². The highest BCUT2D eigenvalue weighted by molar-refractivity contribution is 5.89. The van der Waals surface area contributed by atoms with Gasteiger partial charge in [-0.3, -0.25) is 4.90 Å². The molecule has 208 valence electrons. The number of ether oxygens (including phenoxy) is 1. The van der Waals surface area contributed by atoms with Gasteiger partial charge in [0.05, 0.1) is 22.9 Å². The molecule has 0 fully saturated rings. The number of hydrogen-bond acceptors (Lipinski definition) is 3. The number of fused-ring (bicyclic) bond motifs is 2. The topological polar surface area (TPSA) is 41.6 Å². The highest BCUT2D eigenvalue weighted by Crippen LogP contribution is 2.46. The average Bonchev–Trinajstić information content (AvgIpc) is 2.98. The van der Waals surface area contributed by atoms with E-state index in [-0.39, 0.29) is 42.4 Å². The average molecular weight is 550 g/mol. The first-order valence-corrected chi connectivity index (χ1v) is 12.1. The van der Waals surface area contributed by atoms with Crippen LogP contribution >= 0.6 is 0 Å². The Labute approximate surface area is 213 Å². The maximum absolute atomic E-state index is 14.5. The zero-order valence-corrected chi connectivity index (χ0v) is 20.6. The first kappa shape index (κ1) is 28.1. The second kappa shape index (κ2) is 10.0. The van der Waals surface area contributed by atoms with Gasteiger partial charge in [-0.25, -0.2) is 13.6 Å². The minimum Gasteiger partial charge on any atom is -0.446 e. The lowest BCUT2D eigenvalue weighted by molar-refractivity contribution is -0.143. The molecule has 1 amide bonds. The van der Waals surface area contributed by atoms with E-state index in [1.165, 1.54) is 11.0 Å². The van der Waals surface area contributed by atoms with E-state index >= 15 is 0 Å². The Morgan fingerprint density at radius 2 is 1.68 bits per heavy atom. The van der Waals surface area contributed by atoms with E-state index in [1.54, 1.807) is 19.9 Å². The largest absolute Gasteiger partial charge is 0.446 e. The molecule has 0 spiro atoms. The number of amides is 1. The predicted octanol–water partition coefficient (Wildman–Crippen LogP) is 7.74. The summed E-state index contributed by atoms with van der Waals surface area (Å²) in [4.78, 5) is 14.1. The molecule has 4 nitrogen and oxygen atoms in total. The van der Waals surface area contributed by atoms with Gasteiger partial charge in [0, 0.05) is 31.1 Å². The number of carbonyl (C=O) groups is 1. The van der Waals surface area contributed by atoms with Crippen molar-refractivity contribution in [2.24, 2.45) is 0 Å². The minimum absolute atomic E-state index is 0.0616. The molecule has 4 rings (SSSR count). The zero-order chi connectivity index (χ0) is 28.0. The summed E-state index contributed by atoms with van der Waals surface area (Å²) in [5, 5.41) is 3.00. The summed E-state index contributed by atoms with van der Waals surface area (Å²) in [6.45, 7) is 3.08. The van der Waals surface area contributed by atoms with Crippen LogP contribution in [0.15, 0.2) is 30.3 Å². The number of anilines is 1. The molecule has 38 heavy (non-hydrogen) atoms. The lowest BCUT2D eigenvalue weighted by Gasteiger charge is -2.26. The molecule has 2 aliphatic rings. The van der Waals surface area contributed by atoms with E-state index in [0.29, 0.717) is 36.1 Å². The smallest absolute Gasteiger partial charge is 0.416 e. The van der Waals surface area contributed by atoms with Gasteiger partial charge in [-0.05, 0) is 74.1 Å². The first-order chi connectivity index (χ1) is 17.6. The van der Waals surface area contributed by atoms with Crippen LogP contribution in [0.1, 0.15) is 72.5 Å². The summed E-state index contributed by atoms with van der Waals surface area (Å²) >= 11 is 0. The van der Waals surface area contributed by atoms with E-state index in [2.05, 4.69) is 5.32 Å². The molecule has 1 heterocycles. The van der Waals surface area contributed by atoms with Crippen LogP contribution in [0.2, 0.25) is 0 Å². The molecule has 1 unspecified atom stereocenters. The van der Waals surface area contributed by atoms with E-state index in [1.807, 2.05) is 0 Å². The van der Waals surface area contributed by atoms with Crippen LogP contribution in [0.5, 0.6) is 0 Å². The number of alkyl halides is 8. The van der Waals surface area contributed by atoms with Crippen LogP contribution < -0.4 is 10.2 Å². The normalized spacial score (nSPS) is 19.2. The maximum Gasteiger partial charge on any atom is 0.416 e. The van der Waals surface area contributed by atoms with Crippen molar-refractivity contribution >= 4 is 11.8 Å². The van der Waals surface area contributed by atoms with E-state index < -0.39 is 54.1 Å². The Morgan fingerprint density at radius 3 is 2.26 bits per heavy atom. The molecule has 0 bridgehead atoms. The molecule has 12 heteroatoms. The lowest BCUT2D eigenvalue weighted by atomic mass is 9.96. The number of nitrogens with zero attached hydrogens (tertiary/aromatic N) is 1. The van der Waals surface area contributed by atoms with Crippen molar-refractivity contribution in [1.82, 2.24) is 5.32 Å². The fourth-order valence-corrected chi connectivity index (χ4v) is 4.90. The number of carbonyl (C=O) groups excluding carboxylic acids is 1. The van der Waals surface area contributed by atoms with Gasteiger partial charge in [0.1, 0.15) is 0 Å². The Morgan fingerprint density at radius 1 is 1.05 bits per heavy atom. The molecule has 1 aliphatic heterocycles. The number of hydrogen-bond donors (Lipinski definition) is 1. The van der Waals surface area contributed by atoms with Crippen LogP contribution in [-0.4, -0.2) is 18.7 Å². The number of aryl methyl sites for hydroxylation is 1. The van der Waals surface area contributed by atoms with Crippen molar-refractivity contribution in [2.75, 3.05) is 11.4 Å². The Bertz CT molecular complexity index is 1170. The molecule has 1 N–H and O–H groups in total. The summed E-state index contributed by atoms with van der Waals surface area (Å²) in [5.74, 6) is -3.08. The first-order valence-electron chi connectivity index (χ1n) is 12.1. The van der Waals surface area contributed by atoms with Crippen LogP contribution in [0.25, 0.3) is 0 Å². The van der Waals surface area contributed by atoms with E-state index in [9.17, 15) is 39.9 Å². The fraction of sp³-hybridized carbons (Fsp3) is 0.500. The summed E-state index contributed by atoms with van der Waals surface area (Å²) < 4.78 is 114. The van der Waals surface area contributed by atoms with Crippen molar-refractivity contribution in [3.63, 3.8) is 0 Å². The Hall–Kier alpha value is -2.89. The van der Waals surface area contributed by atoms with Crippen LogP contribution in [-0.2, 0) is 36.0 Å². The second-order valence-corrected chi connectivity index (χ2v) is 9.85. The summed E-state index contributed by atoms with van der Waals surface area (Å²) in [6, 6.07) is 3.55. The predicted molar refractivity (Wildman–Crippen MR) is 123 cm³/mol. The highest BCUT2D eigenvalue weighted by Gasteiger charge is 2.42. The van der Waals surface area contributed by atoms with Gasteiger partial charge < -0.3 is 10.1 Å². The van der Waals surface area contributed by atoms with Gasteiger partial charge in [-0.2, -0.15) is 26.3 Å². The summed E-state index contributed by atoms with van der Waals surface area (Å²) in [7, 11) is 0. The standard InChI is InChI=1S/C26H26F8N2O2/c1-14(2)38-23(37)36-7-3-4-21(19-10-16-5-6-24(27,28)20(16)12-22(19)36)35-13-15-8-17(25(29,30)31)11-18(9-15)26(32,33)34/h8-12,14,21,35H,3-7,13H2,1-2H3. The quantitative estimate of drug-likeness (QED) is 0.396. The molecular weight excluding hydrogens is 524 g/mol. The SMILES string of the molecule is CC(C)OC(=O)N1CCCC(NCc2cc(C(F)(F)F)cc(C(F)(F)F)c2)c2cc3c(cc21)C(F)(F)CC3. The molecule has 0 saturated heterocycles.